The van der Waals surface area contributed by atoms with Crippen molar-refractivity contribution in [2.75, 3.05) is 18.0 Å². The molecule has 0 bridgehead atoms. The Balaban J connectivity index is 1.65. The third-order valence-corrected chi connectivity index (χ3v) is 4.21. The number of carbonyl (C=O) groups excluding carboxylic acids is 1. The van der Waals surface area contributed by atoms with E-state index < -0.39 is 0 Å². The Hall–Kier alpha value is -1.60. The summed E-state index contributed by atoms with van der Waals surface area (Å²) in [6.07, 6.45) is 0.836. The maximum absolute atomic E-state index is 11.6. The number of rotatable bonds is 6. The fraction of sp³-hybridized carbons (Fsp3) is 0.250. The second-order valence-electron chi connectivity index (χ2n) is 3.78. The fourth-order valence-corrected chi connectivity index (χ4v) is 2.91. The molecule has 2 rings (SSSR count). The number of benzene rings is 1. The zero-order chi connectivity index (χ0) is 13.5. The van der Waals surface area contributed by atoms with Gasteiger partial charge in [0.25, 0.3) is 0 Å². The average molecular weight is 294 g/mol. The Labute approximate surface area is 119 Å². The molecule has 1 amide bonds. The fourth-order valence-electron chi connectivity index (χ4n) is 1.45. The molecule has 2 aromatic rings. The minimum Gasteiger partial charge on any atom is -0.374 e. The lowest BCUT2D eigenvalue weighted by Crippen LogP contribution is -2.27. The van der Waals surface area contributed by atoms with Gasteiger partial charge in [0.15, 0.2) is 4.34 Å². The van der Waals surface area contributed by atoms with Crippen molar-refractivity contribution in [1.29, 1.82) is 0 Å². The van der Waals surface area contributed by atoms with E-state index in [2.05, 4.69) is 15.5 Å². The number of aromatic nitrogens is 2. The van der Waals surface area contributed by atoms with Crippen LogP contribution in [-0.4, -0.2) is 28.4 Å². The number of nitrogens with zero attached hydrogens (tertiary/aromatic N) is 2. The summed E-state index contributed by atoms with van der Waals surface area (Å²) in [4.78, 5) is 11.6. The van der Waals surface area contributed by atoms with Gasteiger partial charge in [-0.3, -0.25) is 4.79 Å². The molecule has 7 heteroatoms. The first-order valence-corrected chi connectivity index (χ1v) is 7.56. The van der Waals surface area contributed by atoms with E-state index in [1.54, 1.807) is 0 Å². The van der Waals surface area contributed by atoms with Crippen LogP contribution in [0.5, 0.6) is 0 Å². The predicted octanol–water partition coefficient (Wildman–Crippen LogP) is 1.57. The maximum atomic E-state index is 11.6. The zero-order valence-electron chi connectivity index (χ0n) is 10.2. The smallest absolute Gasteiger partial charge is 0.230 e. The van der Waals surface area contributed by atoms with Crippen LogP contribution in [-0.2, 0) is 11.2 Å². The number of carbonyl (C=O) groups is 1. The summed E-state index contributed by atoms with van der Waals surface area (Å²) in [6.45, 7) is 0.641. The molecule has 0 fully saturated rings. The molecule has 0 spiro atoms. The summed E-state index contributed by atoms with van der Waals surface area (Å²) < 4.78 is 0.718. The molecular formula is C12H14N4OS2. The Morgan fingerprint density at radius 1 is 1.32 bits per heavy atom. The van der Waals surface area contributed by atoms with Crippen LogP contribution in [0, 0.1) is 0 Å². The minimum absolute atomic E-state index is 0.00491. The van der Waals surface area contributed by atoms with Crippen LogP contribution < -0.4 is 11.1 Å². The number of amides is 1. The first kappa shape index (κ1) is 13.8. The number of hydrogen-bond acceptors (Lipinski definition) is 6. The van der Waals surface area contributed by atoms with Crippen molar-refractivity contribution in [3.63, 3.8) is 0 Å². The molecule has 0 radical (unpaired) electrons. The molecule has 0 aliphatic heterocycles. The standard InChI is InChI=1S/C12H14N4OS2/c13-11-15-16-12(19-11)18-8-10(17)14-7-6-9-4-2-1-3-5-9/h1-5H,6-8H2,(H2,13,15)(H,14,17). The molecule has 0 aliphatic carbocycles. The highest BCUT2D eigenvalue weighted by atomic mass is 32.2. The van der Waals surface area contributed by atoms with Crippen molar-refractivity contribution in [3.8, 4) is 0 Å². The van der Waals surface area contributed by atoms with E-state index in [0.29, 0.717) is 17.4 Å². The van der Waals surface area contributed by atoms with Gasteiger partial charge in [0.05, 0.1) is 5.75 Å². The van der Waals surface area contributed by atoms with Gasteiger partial charge in [0.1, 0.15) is 0 Å². The summed E-state index contributed by atoms with van der Waals surface area (Å²) in [6, 6.07) is 10.1. The summed E-state index contributed by atoms with van der Waals surface area (Å²) in [5, 5.41) is 10.8. The largest absolute Gasteiger partial charge is 0.374 e. The van der Waals surface area contributed by atoms with Crippen molar-refractivity contribution in [1.82, 2.24) is 15.5 Å². The highest BCUT2D eigenvalue weighted by Crippen LogP contribution is 2.22. The molecule has 1 aromatic heterocycles. The lowest BCUT2D eigenvalue weighted by molar-refractivity contribution is -0.118. The second kappa shape index (κ2) is 7.10. The average Bonchev–Trinajstić information content (AvgIpc) is 2.83. The van der Waals surface area contributed by atoms with Crippen molar-refractivity contribution < 1.29 is 4.79 Å². The van der Waals surface area contributed by atoms with E-state index in [-0.39, 0.29) is 5.91 Å². The second-order valence-corrected chi connectivity index (χ2v) is 6.01. The number of hydrogen-bond donors (Lipinski definition) is 2. The van der Waals surface area contributed by atoms with Crippen LogP contribution >= 0.6 is 23.1 Å². The normalized spacial score (nSPS) is 10.3. The quantitative estimate of drug-likeness (QED) is 0.790. The molecule has 19 heavy (non-hydrogen) atoms. The Bertz CT molecular complexity index is 530. The maximum Gasteiger partial charge on any atom is 0.230 e. The topological polar surface area (TPSA) is 80.9 Å². The van der Waals surface area contributed by atoms with Gasteiger partial charge in [-0.25, -0.2) is 0 Å². The van der Waals surface area contributed by atoms with Crippen LogP contribution in [0.15, 0.2) is 34.7 Å². The van der Waals surface area contributed by atoms with Gasteiger partial charge in [-0.05, 0) is 12.0 Å². The van der Waals surface area contributed by atoms with Crippen molar-refractivity contribution >= 4 is 34.1 Å². The predicted molar refractivity (Wildman–Crippen MR) is 78.2 cm³/mol. The first-order chi connectivity index (χ1) is 9.24. The zero-order valence-corrected chi connectivity index (χ0v) is 11.8. The highest BCUT2D eigenvalue weighted by molar-refractivity contribution is 8.01. The van der Waals surface area contributed by atoms with E-state index in [4.69, 9.17) is 5.73 Å². The van der Waals surface area contributed by atoms with Crippen LogP contribution in [0.2, 0.25) is 0 Å². The lowest BCUT2D eigenvalue weighted by Gasteiger charge is -2.04. The number of nitrogen functional groups attached to an aromatic ring is 1. The van der Waals surface area contributed by atoms with Gasteiger partial charge in [0, 0.05) is 6.54 Å². The Kier molecular flexibility index (Phi) is 5.17. The monoisotopic (exact) mass is 294 g/mol. The summed E-state index contributed by atoms with van der Waals surface area (Å²) in [5.74, 6) is 0.332. The Morgan fingerprint density at radius 3 is 2.79 bits per heavy atom. The number of nitrogens with one attached hydrogen (secondary N) is 1. The van der Waals surface area contributed by atoms with Crippen molar-refractivity contribution in [2.45, 2.75) is 10.8 Å². The third kappa shape index (κ3) is 4.88. The van der Waals surface area contributed by atoms with Gasteiger partial charge in [0.2, 0.25) is 11.0 Å². The summed E-state index contributed by atoms with van der Waals surface area (Å²) in [5.41, 5.74) is 6.68. The molecule has 0 aliphatic rings. The van der Waals surface area contributed by atoms with E-state index in [1.165, 1.54) is 28.7 Å². The number of nitrogens with two attached hydrogens (primary N) is 1. The molecule has 0 unspecified atom stereocenters. The molecule has 1 aromatic carbocycles. The van der Waals surface area contributed by atoms with Gasteiger partial charge >= 0.3 is 0 Å². The van der Waals surface area contributed by atoms with Crippen LogP contribution in [0.1, 0.15) is 5.56 Å². The van der Waals surface area contributed by atoms with E-state index in [9.17, 15) is 4.79 Å². The van der Waals surface area contributed by atoms with Gasteiger partial charge in [-0.1, -0.05) is 53.4 Å². The Morgan fingerprint density at radius 2 is 2.11 bits per heavy atom. The minimum atomic E-state index is -0.00491. The highest BCUT2D eigenvalue weighted by Gasteiger charge is 2.06. The van der Waals surface area contributed by atoms with E-state index >= 15 is 0 Å². The van der Waals surface area contributed by atoms with Gasteiger partial charge in [-0.2, -0.15) is 0 Å². The molecule has 100 valence electrons. The number of anilines is 1. The summed E-state index contributed by atoms with van der Waals surface area (Å²) >= 11 is 2.64. The van der Waals surface area contributed by atoms with Gasteiger partial charge in [-0.15, -0.1) is 10.2 Å². The van der Waals surface area contributed by atoms with E-state index in [1.807, 2.05) is 30.3 Å². The SMILES string of the molecule is Nc1nnc(SCC(=O)NCCc2ccccc2)s1. The van der Waals surface area contributed by atoms with E-state index in [0.717, 1.165) is 10.8 Å². The van der Waals surface area contributed by atoms with Crippen molar-refractivity contribution in [3.05, 3.63) is 35.9 Å². The molecule has 5 nitrogen and oxygen atoms in total. The first-order valence-electron chi connectivity index (χ1n) is 5.76. The molecule has 0 saturated heterocycles. The molecule has 3 N–H and O–H groups in total. The molecular weight excluding hydrogens is 280 g/mol. The van der Waals surface area contributed by atoms with Crippen LogP contribution in [0.4, 0.5) is 5.13 Å². The number of thioether (sulfide) groups is 1. The van der Waals surface area contributed by atoms with Gasteiger partial charge < -0.3 is 11.1 Å². The molecule has 1 heterocycles. The van der Waals surface area contributed by atoms with Crippen molar-refractivity contribution in [2.24, 2.45) is 0 Å². The van der Waals surface area contributed by atoms with Crippen LogP contribution in [0.25, 0.3) is 0 Å². The summed E-state index contributed by atoms with van der Waals surface area (Å²) in [7, 11) is 0. The molecule has 0 atom stereocenters. The third-order valence-electron chi connectivity index (χ3n) is 2.33. The lowest BCUT2D eigenvalue weighted by atomic mass is 10.1. The van der Waals surface area contributed by atoms with Crippen LogP contribution in [0.3, 0.4) is 0 Å². The molecule has 0 saturated carbocycles.